The smallest absolute Gasteiger partial charge is 0.238 e. The van der Waals surface area contributed by atoms with Crippen molar-refractivity contribution in [1.29, 1.82) is 0 Å². The van der Waals surface area contributed by atoms with Crippen molar-refractivity contribution < 1.29 is 4.79 Å². The van der Waals surface area contributed by atoms with E-state index >= 15 is 0 Å². The van der Waals surface area contributed by atoms with Gasteiger partial charge in [0, 0.05) is 30.5 Å². The maximum absolute atomic E-state index is 12.3. The lowest BCUT2D eigenvalue weighted by atomic mass is 10.1. The Morgan fingerprint density at radius 3 is 2.70 bits per heavy atom. The summed E-state index contributed by atoms with van der Waals surface area (Å²) in [5.41, 5.74) is 7.76. The lowest BCUT2D eigenvalue weighted by molar-refractivity contribution is -0.123. The zero-order chi connectivity index (χ0) is 18.6. The SMILES string of the molecule is CC1CC(C(=O)N[C@H]2CC[C@H](Nc3nccc(-c4ccccn4)n3)C2)NN1. The summed E-state index contributed by atoms with van der Waals surface area (Å²) < 4.78 is 0. The molecule has 0 spiro atoms. The van der Waals surface area contributed by atoms with E-state index < -0.39 is 0 Å². The Morgan fingerprint density at radius 2 is 1.93 bits per heavy atom. The standard InChI is InChI=1S/C19H25N7O/c1-12-10-17(26-25-12)18(27)22-13-5-6-14(11-13)23-19-21-9-7-16(24-19)15-4-2-3-8-20-15/h2-4,7-9,12-14,17,25-26H,5-6,10-11H2,1H3,(H,22,27)(H,21,23,24)/t12?,13-,14-,17?/m0/s1. The van der Waals surface area contributed by atoms with E-state index in [0.29, 0.717) is 12.0 Å². The second-order valence-electron chi connectivity index (χ2n) is 7.32. The topological polar surface area (TPSA) is 104 Å². The first-order valence-electron chi connectivity index (χ1n) is 9.50. The molecule has 3 heterocycles. The maximum atomic E-state index is 12.3. The molecule has 1 amide bonds. The Morgan fingerprint density at radius 1 is 1.04 bits per heavy atom. The number of nitrogens with zero attached hydrogens (tertiary/aromatic N) is 3. The van der Waals surface area contributed by atoms with Gasteiger partial charge in [0.05, 0.1) is 11.4 Å². The summed E-state index contributed by atoms with van der Waals surface area (Å²) in [6.07, 6.45) is 7.12. The van der Waals surface area contributed by atoms with Crippen LogP contribution in [0.15, 0.2) is 36.7 Å². The maximum Gasteiger partial charge on any atom is 0.238 e. The fourth-order valence-electron chi connectivity index (χ4n) is 3.70. The molecule has 1 saturated carbocycles. The van der Waals surface area contributed by atoms with Gasteiger partial charge in [-0.25, -0.2) is 15.4 Å². The van der Waals surface area contributed by atoms with Crippen molar-refractivity contribution >= 4 is 11.9 Å². The van der Waals surface area contributed by atoms with Crippen molar-refractivity contribution in [3.05, 3.63) is 36.7 Å². The van der Waals surface area contributed by atoms with E-state index in [-0.39, 0.29) is 24.0 Å². The van der Waals surface area contributed by atoms with Crippen LogP contribution in [0, 0.1) is 0 Å². The zero-order valence-electron chi connectivity index (χ0n) is 15.4. The highest BCUT2D eigenvalue weighted by molar-refractivity contribution is 5.82. The van der Waals surface area contributed by atoms with Crippen molar-refractivity contribution in [1.82, 2.24) is 31.1 Å². The molecule has 0 radical (unpaired) electrons. The Hall–Kier alpha value is -2.58. The quantitative estimate of drug-likeness (QED) is 0.630. The second kappa shape index (κ2) is 7.98. The number of carbonyl (C=O) groups is 1. The monoisotopic (exact) mass is 367 g/mol. The lowest BCUT2D eigenvalue weighted by Gasteiger charge is -2.17. The predicted molar refractivity (Wildman–Crippen MR) is 103 cm³/mol. The van der Waals surface area contributed by atoms with Crippen molar-refractivity contribution in [3.8, 4) is 11.4 Å². The summed E-state index contributed by atoms with van der Waals surface area (Å²) >= 11 is 0. The van der Waals surface area contributed by atoms with Crippen LogP contribution in [-0.2, 0) is 4.79 Å². The number of aromatic nitrogens is 3. The number of carbonyl (C=O) groups excluding carboxylic acids is 1. The highest BCUT2D eigenvalue weighted by atomic mass is 16.2. The summed E-state index contributed by atoms with van der Waals surface area (Å²) in [4.78, 5) is 25.6. The molecule has 8 nitrogen and oxygen atoms in total. The molecule has 2 aromatic rings. The molecule has 142 valence electrons. The molecule has 2 fully saturated rings. The number of amides is 1. The molecule has 4 N–H and O–H groups in total. The number of rotatable bonds is 5. The van der Waals surface area contributed by atoms with Crippen LogP contribution >= 0.6 is 0 Å². The van der Waals surface area contributed by atoms with Crippen LogP contribution in [0.25, 0.3) is 11.4 Å². The summed E-state index contributed by atoms with van der Waals surface area (Å²) in [7, 11) is 0. The van der Waals surface area contributed by atoms with E-state index in [4.69, 9.17) is 0 Å². The predicted octanol–water partition coefficient (Wildman–Crippen LogP) is 1.24. The van der Waals surface area contributed by atoms with Crippen LogP contribution in [0.5, 0.6) is 0 Å². The molecule has 4 atom stereocenters. The molecule has 1 aliphatic carbocycles. The molecule has 27 heavy (non-hydrogen) atoms. The van der Waals surface area contributed by atoms with Gasteiger partial charge in [0.15, 0.2) is 0 Å². The van der Waals surface area contributed by atoms with E-state index in [1.165, 1.54) is 0 Å². The highest BCUT2D eigenvalue weighted by Gasteiger charge is 2.31. The molecule has 0 aromatic carbocycles. The number of nitrogens with one attached hydrogen (secondary N) is 4. The average Bonchev–Trinajstić information content (AvgIpc) is 3.32. The number of anilines is 1. The van der Waals surface area contributed by atoms with Gasteiger partial charge in [0.1, 0.15) is 6.04 Å². The molecular weight excluding hydrogens is 342 g/mol. The Bertz CT molecular complexity index is 785. The molecule has 0 bridgehead atoms. The van der Waals surface area contributed by atoms with E-state index in [9.17, 15) is 4.79 Å². The van der Waals surface area contributed by atoms with Crippen LogP contribution in [0.4, 0.5) is 5.95 Å². The largest absolute Gasteiger partial charge is 0.352 e. The van der Waals surface area contributed by atoms with Crippen LogP contribution in [-0.4, -0.2) is 45.0 Å². The minimum atomic E-state index is -0.148. The minimum absolute atomic E-state index is 0.0749. The molecule has 2 aliphatic rings. The second-order valence-corrected chi connectivity index (χ2v) is 7.32. The van der Waals surface area contributed by atoms with Gasteiger partial charge in [-0.05, 0) is 50.8 Å². The van der Waals surface area contributed by atoms with E-state index in [0.717, 1.165) is 37.1 Å². The zero-order valence-corrected chi connectivity index (χ0v) is 15.4. The first-order valence-corrected chi connectivity index (χ1v) is 9.50. The summed E-state index contributed by atoms with van der Waals surface area (Å²) in [5.74, 6) is 0.677. The number of hydrazine groups is 1. The van der Waals surface area contributed by atoms with Gasteiger partial charge in [-0.15, -0.1) is 0 Å². The number of hydrogen-bond acceptors (Lipinski definition) is 7. The van der Waals surface area contributed by atoms with Gasteiger partial charge in [-0.3, -0.25) is 15.2 Å². The minimum Gasteiger partial charge on any atom is -0.352 e. The third kappa shape index (κ3) is 4.40. The molecule has 2 unspecified atom stereocenters. The van der Waals surface area contributed by atoms with Crippen molar-refractivity contribution in [2.24, 2.45) is 0 Å². The fourth-order valence-corrected chi connectivity index (χ4v) is 3.70. The van der Waals surface area contributed by atoms with Crippen molar-refractivity contribution in [2.45, 2.75) is 56.8 Å². The van der Waals surface area contributed by atoms with Crippen molar-refractivity contribution in [3.63, 3.8) is 0 Å². The van der Waals surface area contributed by atoms with Gasteiger partial charge in [-0.2, -0.15) is 0 Å². The first-order chi connectivity index (χ1) is 13.2. The number of hydrogen-bond donors (Lipinski definition) is 4. The van der Waals surface area contributed by atoms with Crippen LogP contribution in [0.3, 0.4) is 0 Å². The highest BCUT2D eigenvalue weighted by Crippen LogP contribution is 2.23. The van der Waals surface area contributed by atoms with E-state index in [1.54, 1.807) is 12.4 Å². The Balaban J connectivity index is 1.32. The lowest BCUT2D eigenvalue weighted by Crippen LogP contribution is -2.46. The number of pyridine rings is 1. The molecule has 1 saturated heterocycles. The van der Waals surface area contributed by atoms with Crippen molar-refractivity contribution in [2.75, 3.05) is 5.32 Å². The van der Waals surface area contributed by atoms with E-state index in [1.807, 2.05) is 24.3 Å². The van der Waals surface area contributed by atoms with Gasteiger partial charge >= 0.3 is 0 Å². The molecule has 4 rings (SSSR count). The fraction of sp³-hybridized carbons (Fsp3) is 0.474. The van der Waals surface area contributed by atoms with Crippen LogP contribution in [0.1, 0.15) is 32.6 Å². The summed E-state index contributed by atoms with van der Waals surface area (Å²) in [6.45, 7) is 2.06. The summed E-state index contributed by atoms with van der Waals surface area (Å²) in [6, 6.07) is 8.22. The molecule has 8 heteroatoms. The summed E-state index contributed by atoms with van der Waals surface area (Å²) in [5, 5.41) is 6.56. The normalized spacial score (nSPS) is 27.4. The van der Waals surface area contributed by atoms with Gasteiger partial charge in [0.25, 0.3) is 0 Å². The molecule has 2 aromatic heterocycles. The first kappa shape index (κ1) is 17.8. The van der Waals surface area contributed by atoms with Gasteiger partial charge in [-0.1, -0.05) is 6.07 Å². The van der Waals surface area contributed by atoms with Crippen LogP contribution in [0.2, 0.25) is 0 Å². The van der Waals surface area contributed by atoms with Crippen LogP contribution < -0.4 is 21.5 Å². The van der Waals surface area contributed by atoms with Gasteiger partial charge in [0.2, 0.25) is 11.9 Å². The van der Waals surface area contributed by atoms with Gasteiger partial charge < -0.3 is 10.6 Å². The Labute approximate surface area is 158 Å². The van der Waals surface area contributed by atoms with E-state index in [2.05, 4.69) is 43.4 Å². The third-order valence-electron chi connectivity index (χ3n) is 5.10. The molecule has 1 aliphatic heterocycles. The third-order valence-corrected chi connectivity index (χ3v) is 5.10. The average molecular weight is 367 g/mol. The molecular formula is C19H25N7O. The Kier molecular flexibility index (Phi) is 5.26.